The molecule has 5 nitrogen and oxygen atoms in total. The molecule has 0 spiro atoms. The zero-order valence-corrected chi connectivity index (χ0v) is 19.4. The van der Waals surface area contributed by atoms with Gasteiger partial charge in [-0.1, -0.05) is 29.3 Å². The summed E-state index contributed by atoms with van der Waals surface area (Å²) in [6, 6.07) is 5.20. The van der Waals surface area contributed by atoms with Crippen molar-refractivity contribution in [2.24, 2.45) is 29.1 Å². The van der Waals surface area contributed by atoms with Crippen LogP contribution >= 0.6 is 23.2 Å². The molecular weight excluding hydrogens is 433 g/mol. The molecule has 4 aliphatic carbocycles. The highest BCUT2D eigenvalue weighted by molar-refractivity contribution is 6.35. The molecule has 1 aromatic carbocycles. The van der Waals surface area contributed by atoms with E-state index in [4.69, 9.17) is 23.2 Å². The Morgan fingerprint density at radius 3 is 2.35 bits per heavy atom. The zero-order valence-electron chi connectivity index (χ0n) is 17.8. The molecule has 3 amide bonds. The second-order valence-corrected chi connectivity index (χ2v) is 11.2. The summed E-state index contributed by atoms with van der Waals surface area (Å²) in [7, 11) is 0. The van der Waals surface area contributed by atoms with E-state index in [1.165, 1.54) is 19.3 Å². The van der Waals surface area contributed by atoms with Crippen LogP contribution < -0.4 is 10.6 Å². The van der Waals surface area contributed by atoms with Crippen molar-refractivity contribution in [3.05, 3.63) is 33.8 Å². The number of nitrogens with one attached hydrogen (secondary N) is 2. The maximum Gasteiger partial charge on any atom is 0.317 e. The van der Waals surface area contributed by atoms with E-state index in [0.717, 1.165) is 55.5 Å². The maximum atomic E-state index is 13.2. The molecule has 168 valence electrons. The number of benzene rings is 1. The highest BCUT2D eigenvalue weighted by Gasteiger charge is 2.54. The molecule has 0 radical (unpaired) electrons. The zero-order chi connectivity index (χ0) is 21.6. The van der Waals surface area contributed by atoms with E-state index >= 15 is 0 Å². The quantitative estimate of drug-likeness (QED) is 0.654. The monoisotopic (exact) mass is 463 g/mol. The van der Waals surface area contributed by atoms with Crippen LogP contribution in [0.3, 0.4) is 0 Å². The van der Waals surface area contributed by atoms with Gasteiger partial charge in [0.25, 0.3) is 0 Å². The van der Waals surface area contributed by atoms with Crippen LogP contribution in [0, 0.1) is 29.1 Å². The van der Waals surface area contributed by atoms with Crippen molar-refractivity contribution < 1.29 is 9.59 Å². The van der Waals surface area contributed by atoms with Crippen LogP contribution in [0.15, 0.2) is 18.2 Å². The average Bonchev–Trinajstić information content (AvgIpc) is 3.19. The highest BCUT2D eigenvalue weighted by atomic mass is 35.5. The molecule has 1 aliphatic heterocycles. The SMILES string of the molecule is O=C(NCc1ccc(Cl)cc1Cl)N1CCC(CNC(=O)C23CC4CC(CC(C4)C2)C3)C1. The molecule has 4 bridgehead atoms. The van der Waals surface area contributed by atoms with Gasteiger partial charge in [-0.2, -0.15) is 0 Å². The Kier molecular flexibility index (Phi) is 5.85. The first-order valence-electron chi connectivity index (χ1n) is 11.7. The normalized spacial score (nSPS) is 33.5. The molecule has 7 heteroatoms. The molecule has 1 aromatic rings. The summed E-state index contributed by atoms with van der Waals surface area (Å²) in [5.41, 5.74) is 0.750. The van der Waals surface area contributed by atoms with E-state index in [1.807, 2.05) is 11.0 Å². The molecule has 1 atom stereocenters. The summed E-state index contributed by atoms with van der Waals surface area (Å²) in [6.07, 6.45) is 8.25. The number of rotatable bonds is 5. The van der Waals surface area contributed by atoms with Crippen LogP contribution in [0.5, 0.6) is 0 Å². The van der Waals surface area contributed by atoms with Crippen molar-refractivity contribution in [2.45, 2.75) is 51.5 Å². The molecule has 0 aromatic heterocycles. The number of urea groups is 1. The van der Waals surface area contributed by atoms with Gasteiger partial charge in [-0.05, 0) is 86.3 Å². The van der Waals surface area contributed by atoms with Gasteiger partial charge in [0, 0.05) is 41.6 Å². The lowest BCUT2D eigenvalue weighted by Gasteiger charge is -2.55. The Labute approximate surface area is 194 Å². The second kappa shape index (κ2) is 8.47. The molecule has 31 heavy (non-hydrogen) atoms. The van der Waals surface area contributed by atoms with Crippen molar-refractivity contribution in [3.63, 3.8) is 0 Å². The van der Waals surface area contributed by atoms with Crippen LogP contribution in [0.1, 0.15) is 50.5 Å². The fourth-order valence-corrected chi connectivity index (χ4v) is 7.42. The summed E-state index contributed by atoms with van der Waals surface area (Å²) in [5.74, 6) is 2.93. The molecule has 4 saturated carbocycles. The van der Waals surface area contributed by atoms with E-state index in [2.05, 4.69) is 10.6 Å². The fraction of sp³-hybridized carbons (Fsp3) is 0.667. The van der Waals surface area contributed by atoms with Crippen molar-refractivity contribution in [3.8, 4) is 0 Å². The number of amides is 3. The molecule has 6 rings (SSSR count). The third-order valence-corrected chi connectivity index (χ3v) is 8.68. The van der Waals surface area contributed by atoms with Gasteiger partial charge in [-0.25, -0.2) is 4.79 Å². The van der Waals surface area contributed by atoms with Crippen molar-refractivity contribution in [1.29, 1.82) is 0 Å². The summed E-state index contributed by atoms with van der Waals surface area (Å²) >= 11 is 12.1. The third-order valence-electron chi connectivity index (χ3n) is 8.09. The Bertz CT molecular complexity index is 839. The molecule has 2 N–H and O–H groups in total. The first-order valence-corrected chi connectivity index (χ1v) is 12.4. The molecule has 5 fully saturated rings. The lowest BCUT2D eigenvalue weighted by Crippen LogP contribution is -2.54. The number of likely N-dealkylation sites (tertiary alicyclic amines) is 1. The number of carbonyl (C=O) groups excluding carboxylic acids is 2. The van der Waals surface area contributed by atoms with E-state index in [-0.39, 0.29) is 17.4 Å². The molecular formula is C24H31Cl2N3O2. The molecule has 1 heterocycles. The predicted molar refractivity (Wildman–Crippen MR) is 122 cm³/mol. The summed E-state index contributed by atoms with van der Waals surface area (Å²) in [5, 5.41) is 7.37. The van der Waals surface area contributed by atoms with Gasteiger partial charge in [0.05, 0.1) is 0 Å². The summed E-state index contributed by atoms with van der Waals surface area (Å²) < 4.78 is 0. The molecule has 1 unspecified atom stereocenters. The third kappa shape index (κ3) is 4.41. The Hall–Kier alpha value is -1.46. The Balaban J connectivity index is 1.09. The van der Waals surface area contributed by atoms with Gasteiger partial charge in [0.1, 0.15) is 0 Å². The van der Waals surface area contributed by atoms with E-state index in [1.54, 1.807) is 12.1 Å². The van der Waals surface area contributed by atoms with Crippen molar-refractivity contribution in [1.82, 2.24) is 15.5 Å². The average molecular weight is 464 g/mol. The highest BCUT2D eigenvalue weighted by Crippen LogP contribution is 2.60. The first-order chi connectivity index (χ1) is 14.9. The van der Waals surface area contributed by atoms with Gasteiger partial charge in [-0.15, -0.1) is 0 Å². The molecule has 5 aliphatic rings. The lowest BCUT2D eigenvalue weighted by molar-refractivity contribution is -0.146. The minimum atomic E-state index is -0.0950. The number of carbonyl (C=O) groups is 2. The minimum Gasteiger partial charge on any atom is -0.355 e. The van der Waals surface area contributed by atoms with E-state index in [9.17, 15) is 9.59 Å². The van der Waals surface area contributed by atoms with Gasteiger partial charge >= 0.3 is 6.03 Å². The maximum absolute atomic E-state index is 13.2. The Morgan fingerprint density at radius 1 is 1.03 bits per heavy atom. The van der Waals surface area contributed by atoms with Gasteiger partial charge in [0.15, 0.2) is 0 Å². The van der Waals surface area contributed by atoms with Gasteiger partial charge in [0.2, 0.25) is 5.91 Å². The fourth-order valence-electron chi connectivity index (χ4n) is 6.94. The number of nitrogens with zero attached hydrogens (tertiary/aromatic N) is 1. The van der Waals surface area contributed by atoms with Crippen LogP contribution in [0.2, 0.25) is 10.0 Å². The van der Waals surface area contributed by atoms with E-state index < -0.39 is 0 Å². The Morgan fingerprint density at radius 2 is 1.71 bits per heavy atom. The van der Waals surface area contributed by atoms with Crippen molar-refractivity contribution in [2.75, 3.05) is 19.6 Å². The second-order valence-electron chi connectivity index (χ2n) is 10.4. The predicted octanol–water partition coefficient (Wildman–Crippen LogP) is 4.86. The minimum absolute atomic E-state index is 0.0825. The summed E-state index contributed by atoms with van der Waals surface area (Å²) in [4.78, 5) is 27.6. The van der Waals surface area contributed by atoms with Crippen LogP contribution in [0.25, 0.3) is 0 Å². The largest absolute Gasteiger partial charge is 0.355 e. The van der Waals surface area contributed by atoms with Crippen molar-refractivity contribution >= 4 is 35.1 Å². The van der Waals surface area contributed by atoms with Gasteiger partial charge < -0.3 is 15.5 Å². The number of hydrogen-bond acceptors (Lipinski definition) is 2. The standard InChI is InChI=1S/C24H31Cl2N3O2/c25-20-2-1-19(21(26)8-20)13-28-23(31)29-4-3-15(14-29)12-27-22(30)24-9-16-5-17(10-24)7-18(6-16)11-24/h1-2,8,15-18H,3-7,9-14H2,(H,27,30)(H,28,31). The van der Waals surface area contributed by atoms with Gasteiger partial charge in [-0.3, -0.25) is 4.79 Å². The van der Waals surface area contributed by atoms with Crippen LogP contribution in [0.4, 0.5) is 4.79 Å². The van der Waals surface area contributed by atoms with E-state index in [0.29, 0.717) is 35.6 Å². The lowest BCUT2D eigenvalue weighted by atomic mass is 9.49. The number of hydrogen-bond donors (Lipinski definition) is 2. The number of halogens is 2. The van der Waals surface area contributed by atoms with Crippen LogP contribution in [-0.2, 0) is 11.3 Å². The topological polar surface area (TPSA) is 61.4 Å². The first kappa shape index (κ1) is 21.4. The van der Waals surface area contributed by atoms with Crippen LogP contribution in [-0.4, -0.2) is 36.5 Å². The molecule has 1 saturated heterocycles. The smallest absolute Gasteiger partial charge is 0.317 e. The summed E-state index contributed by atoms with van der Waals surface area (Å²) in [6.45, 7) is 2.45.